The molecule has 0 saturated carbocycles. The van der Waals surface area contributed by atoms with E-state index in [0.717, 1.165) is 17.8 Å². The van der Waals surface area contributed by atoms with E-state index in [-0.39, 0.29) is 0 Å². The van der Waals surface area contributed by atoms with Crippen LogP contribution < -0.4 is 5.43 Å². The van der Waals surface area contributed by atoms with Crippen molar-refractivity contribution in [2.75, 3.05) is 5.43 Å². The van der Waals surface area contributed by atoms with Gasteiger partial charge in [-0.3, -0.25) is 5.43 Å². The largest absolute Gasteiger partial charge is 0.278 e. The van der Waals surface area contributed by atoms with E-state index in [0.29, 0.717) is 0 Å². The first kappa shape index (κ1) is 14.1. The summed E-state index contributed by atoms with van der Waals surface area (Å²) in [7, 11) is 0. The van der Waals surface area contributed by atoms with E-state index >= 15 is 0 Å². The molecule has 2 heteroatoms. The minimum atomic E-state index is 0.891. The van der Waals surface area contributed by atoms with Crippen molar-refractivity contribution in [2.24, 2.45) is 5.10 Å². The Kier molecular flexibility index (Phi) is 5.13. The fraction of sp³-hybridized carbons (Fsp3) is 0.167. The molecule has 2 aromatic rings. The Bertz CT molecular complexity index is 581. The van der Waals surface area contributed by atoms with E-state index in [1.165, 1.54) is 11.1 Å². The van der Waals surface area contributed by atoms with Gasteiger partial charge in [-0.1, -0.05) is 61.0 Å². The van der Waals surface area contributed by atoms with Gasteiger partial charge in [0, 0.05) is 0 Å². The maximum absolute atomic E-state index is 4.44. The predicted molar refractivity (Wildman–Crippen MR) is 88.0 cm³/mol. The Morgan fingerprint density at radius 2 is 1.75 bits per heavy atom. The highest BCUT2D eigenvalue weighted by Gasteiger charge is 1.93. The second kappa shape index (κ2) is 7.29. The third-order valence-electron chi connectivity index (χ3n) is 3.01. The van der Waals surface area contributed by atoms with E-state index in [2.05, 4.69) is 60.8 Å². The molecule has 0 aliphatic rings. The van der Waals surface area contributed by atoms with Crippen molar-refractivity contribution in [3.8, 4) is 0 Å². The molecule has 0 radical (unpaired) electrons. The Hall–Kier alpha value is -2.35. The Morgan fingerprint density at radius 3 is 2.40 bits per heavy atom. The number of hydrazone groups is 1. The summed E-state index contributed by atoms with van der Waals surface area (Å²) in [6.45, 7) is 4.18. The minimum absolute atomic E-state index is 0.891. The van der Waals surface area contributed by atoms with Gasteiger partial charge in [-0.25, -0.2) is 0 Å². The molecule has 0 amide bonds. The zero-order chi connectivity index (χ0) is 14.2. The quantitative estimate of drug-likeness (QED) is 0.603. The van der Waals surface area contributed by atoms with E-state index in [9.17, 15) is 0 Å². The van der Waals surface area contributed by atoms with Crippen molar-refractivity contribution in [3.63, 3.8) is 0 Å². The van der Waals surface area contributed by atoms with Gasteiger partial charge in [0.25, 0.3) is 0 Å². The van der Waals surface area contributed by atoms with Crippen LogP contribution in [-0.2, 0) is 0 Å². The van der Waals surface area contributed by atoms with Crippen molar-refractivity contribution in [3.05, 3.63) is 71.8 Å². The van der Waals surface area contributed by atoms with Crippen LogP contribution in [0.1, 0.15) is 24.5 Å². The number of anilines is 1. The van der Waals surface area contributed by atoms with Gasteiger partial charge in [-0.05, 0) is 37.1 Å². The molecule has 0 spiro atoms. The number of nitrogens with one attached hydrogen (secondary N) is 1. The number of benzene rings is 2. The molecule has 102 valence electrons. The van der Waals surface area contributed by atoms with Gasteiger partial charge >= 0.3 is 0 Å². The molecule has 2 nitrogen and oxygen atoms in total. The van der Waals surface area contributed by atoms with Gasteiger partial charge in [0.2, 0.25) is 0 Å². The summed E-state index contributed by atoms with van der Waals surface area (Å²) in [5, 5.41) is 4.44. The average molecular weight is 264 g/mol. The highest BCUT2D eigenvalue weighted by Crippen LogP contribution is 2.09. The molecule has 0 aliphatic heterocycles. The maximum atomic E-state index is 4.44. The summed E-state index contributed by atoms with van der Waals surface area (Å²) >= 11 is 0. The van der Waals surface area contributed by atoms with Gasteiger partial charge in [0.05, 0.1) is 11.4 Å². The Labute approximate surface area is 120 Å². The normalized spacial score (nSPS) is 11.8. The minimum Gasteiger partial charge on any atom is -0.278 e. The molecule has 0 atom stereocenters. The summed E-state index contributed by atoms with van der Waals surface area (Å²) in [5.41, 5.74) is 7.56. The molecule has 0 aliphatic carbocycles. The molecule has 0 fully saturated rings. The lowest BCUT2D eigenvalue weighted by Crippen LogP contribution is -1.97. The summed E-state index contributed by atoms with van der Waals surface area (Å²) in [4.78, 5) is 0. The van der Waals surface area contributed by atoms with Crippen LogP contribution in [0.2, 0.25) is 0 Å². The third-order valence-corrected chi connectivity index (χ3v) is 3.01. The number of allylic oxidation sites excluding steroid dienone is 1. The van der Waals surface area contributed by atoms with Crippen LogP contribution in [0.15, 0.2) is 65.8 Å². The number of aryl methyl sites for hydroxylation is 1. The summed E-state index contributed by atoms with van der Waals surface area (Å²) in [6.07, 6.45) is 5.03. The first-order valence-corrected chi connectivity index (χ1v) is 6.90. The van der Waals surface area contributed by atoms with E-state index in [4.69, 9.17) is 0 Å². The average Bonchev–Trinajstić information content (AvgIpc) is 2.50. The van der Waals surface area contributed by atoms with Crippen molar-refractivity contribution in [1.29, 1.82) is 0 Å². The number of nitrogens with zero attached hydrogens (tertiary/aromatic N) is 1. The molecule has 20 heavy (non-hydrogen) atoms. The molecule has 2 rings (SSSR count). The van der Waals surface area contributed by atoms with Crippen LogP contribution in [0.3, 0.4) is 0 Å². The van der Waals surface area contributed by atoms with E-state index in [1.807, 2.05) is 30.3 Å². The van der Waals surface area contributed by atoms with Crippen molar-refractivity contribution in [2.45, 2.75) is 20.3 Å². The number of hydrogen-bond donors (Lipinski definition) is 1. The third kappa shape index (κ3) is 4.39. The molecule has 0 heterocycles. The van der Waals surface area contributed by atoms with Gasteiger partial charge < -0.3 is 0 Å². The van der Waals surface area contributed by atoms with Gasteiger partial charge in [0.1, 0.15) is 0 Å². The molecule has 0 aromatic heterocycles. The van der Waals surface area contributed by atoms with Crippen LogP contribution >= 0.6 is 0 Å². The maximum Gasteiger partial charge on any atom is 0.0604 e. The zero-order valence-corrected chi connectivity index (χ0v) is 12.0. The topological polar surface area (TPSA) is 24.4 Å². The molecular weight excluding hydrogens is 244 g/mol. The predicted octanol–water partition coefficient (Wildman–Crippen LogP) is 4.89. The Balaban J connectivity index is 2.02. The van der Waals surface area contributed by atoms with Gasteiger partial charge in [-0.15, -0.1) is 0 Å². The molecule has 1 N–H and O–H groups in total. The lowest BCUT2D eigenvalue weighted by molar-refractivity contribution is 1.23. The van der Waals surface area contributed by atoms with Gasteiger partial charge in [0.15, 0.2) is 0 Å². The lowest BCUT2D eigenvalue weighted by Gasteiger charge is -2.02. The second-order valence-electron chi connectivity index (χ2n) is 4.68. The highest BCUT2D eigenvalue weighted by molar-refractivity contribution is 5.98. The van der Waals surface area contributed by atoms with Crippen LogP contribution in [0.4, 0.5) is 5.69 Å². The van der Waals surface area contributed by atoms with Crippen LogP contribution in [0.25, 0.3) is 6.08 Å². The molecule has 0 unspecified atom stereocenters. The highest BCUT2D eigenvalue weighted by atomic mass is 15.3. The first-order valence-electron chi connectivity index (χ1n) is 6.90. The first-order chi connectivity index (χ1) is 9.78. The summed E-state index contributed by atoms with van der Waals surface area (Å²) in [6, 6.07) is 18.5. The summed E-state index contributed by atoms with van der Waals surface area (Å²) < 4.78 is 0. The van der Waals surface area contributed by atoms with E-state index in [1.54, 1.807) is 0 Å². The number of rotatable bonds is 5. The van der Waals surface area contributed by atoms with Crippen molar-refractivity contribution in [1.82, 2.24) is 0 Å². The van der Waals surface area contributed by atoms with Gasteiger partial charge in [-0.2, -0.15) is 5.10 Å². The van der Waals surface area contributed by atoms with E-state index < -0.39 is 0 Å². The molecule has 2 aromatic carbocycles. The summed E-state index contributed by atoms with van der Waals surface area (Å²) in [5.74, 6) is 0. The molecule has 0 saturated heterocycles. The molecular formula is C18H20N2. The fourth-order valence-corrected chi connectivity index (χ4v) is 1.76. The second-order valence-corrected chi connectivity index (χ2v) is 4.68. The van der Waals surface area contributed by atoms with Crippen LogP contribution in [0.5, 0.6) is 0 Å². The zero-order valence-electron chi connectivity index (χ0n) is 12.0. The standard InChI is InChI=1S/C18H20N2/c1-3-17(14-11-16-7-5-4-6-8-16)19-20-18-12-9-15(2)10-13-18/h4-14,20H,3H2,1-2H3/b14-11-,19-17+. The van der Waals surface area contributed by atoms with Crippen LogP contribution in [-0.4, -0.2) is 5.71 Å². The Morgan fingerprint density at radius 1 is 1.05 bits per heavy atom. The van der Waals surface area contributed by atoms with Crippen molar-refractivity contribution >= 4 is 17.5 Å². The van der Waals surface area contributed by atoms with Crippen LogP contribution in [0, 0.1) is 6.92 Å². The SMILES string of the molecule is CCC(/C=C\c1ccccc1)=N\Nc1ccc(C)cc1. The smallest absolute Gasteiger partial charge is 0.0604 e. The number of hydrogen-bond acceptors (Lipinski definition) is 2. The monoisotopic (exact) mass is 264 g/mol. The lowest BCUT2D eigenvalue weighted by atomic mass is 10.2. The molecule has 0 bridgehead atoms. The fourth-order valence-electron chi connectivity index (χ4n) is 1.76. The van der Waals surface area contributed by atoms with Crippen molar-refractivity contribution < 1.29 is 0 Å².